The molecule has 3 aromatic rings. The van der Waals surface area contributed by atoms with Crippen molar-refractivity contribution in [3.05, 3.63) is 71.2 Å². The monoisotopic (exact) mass is 419 g/mol. The summed E-state index contributed by atoms with van der Waals surface area (Å²) in [5, 5.41) is 1.75. The van der Waals surface area contributed by atoms with Crippen molar-refractivity contribution in [2.45, 2.75) is 32.2 Å². The van der Waals surface area contributed by atoms with Gasteiger partial charge in [-0.1, -0.05) is 62.2 Å². The van der Waals surface area contributed by atoms with Gasteiger partial charge in [0.1, 0.15) is 12.2 Å². The molecule has 4 rings (SSSR count). The van der Waals surface area contributed by atoms with Crippen LogP contribution in [0.5, 0.6) is 0 Å². The Bertz CT molecular complexity index is 1000. The molecule has 30 heavy (non-hydrogen) atoms. The minimum Gasteiger partial charge on any atom is -0.323 e. The summed E-state index contributed by atoms with van der Waals surface area (Å²) in [7, 11) is 0. The number of benzene rings is 2. The van der Waals surface area contributed by atoms with E-state index >= 15 is 0 Å². The fraction of sp³-hybridized carbons (Fsp3) is 0.292. The van der Waals surface area contributed by atoms with Crippen LogP contribution in [-0.4, -0.2) is 40.8 Å². The molecule has 1 fully saturated rings. The molecule has 1 saturated heterocycles. The van der Waals surface area contributed by atoms with E-state index in [4.69, 9.17) is 0 Å². The zero-order valence-corrected chi connectivity index (χ0v) is 17.8. The van der Waals surface area contributed by atoms with Crippen LogP contribution in [0.4, 0.5) is 5.69 Å². The number of carbonyl (C=O) groups is 2. The lowest BCUT2D eigenvalue weighted by atomic mass is 10.0. The summed E-state index contributed by atoms with van der Waals surface area (Å²) in [6.45, 7) is 2.73. The summed E-state index contributed by atoms with van der Waals surface area (Å²) >= 11 is 1.39. The molecule has 6 heteroatoms. The Kier molecular flexibility index (Phi) is 6.23. The second-order valence-corrected chi connectivity index (χ2v) is 8.24. The highest BCUT2D eigenvalue weighted by molar-refractivity contribution is 7.07. The molecule has 2 heterocycles. The van der Waals surface area contributed by atoms with Gasteiger partial charge in [0.15, 0.2) is 0 Å². The maximum Gasteiger partial charge on any atom is 0.274 e. The van der Waals surface area contributed by atoms with E-state index in [1.807, 2.05) is 35.2 Å². The molecule has 1 aliphatic heterocycles. The molecule has 2 amide bonds. The predicted molar refractivity (Wildman–Crippen MR) is 121 cm³/mol. The van der Waals surface area contributed by atoms with E-state index in [0.29, 0.717) is 12.2 Å². The molecule has 0 spiro atoms. The Hall–Kier alpha value is -2.99. The number of hydrogen-bond acceptors (Lipinski definition) is 4. The smallest absolute Gasteiger partial charge is 0.274 e. The lowest BCUT2D eigenvalue weighted by Crippen LogP contribution is -2.58. The number of carbonyl (C=O) groups excluding carboxylic acids is 2. The number of rotatable bonds is 6. The summed E-state index contributed by atoms with van der Waals surface area (Å²) in [6, 6.07) is 18.2. The topological polar surface area (TPSA) is 53.5 Å². The molecule has 0 N–H and O–H groups in total. The fourth-order valence-electron chi connectivity index (χ4n) is 3.89. The van der Waals surface area contributed by atoms with Crippen LogP contribution < -0.4 is 4.90 Å². The number of amides is 2. The number of unbranched alkanes of at least 4 members (excludes halogenated alkanes) is 1. The third kappa shape index (κ3) is 4.28. The van der Waals surface area contributed by atoms with E-state index in [1.54, 1.807) is 15.8 Å². The van der Waals surface area contributed by atoms with E-state index in [-0.39, 0.29) is 24.4 Å². The third-order valence-corrected chi connectivity index (χ3v) is 6.10. The van der Waals surface area contributed by atoms with Crippen LogP contribution in [0.1, 0.15) is 36.7 Å². The zero-order valence-electron chi connectivity index (χ0n) is 17.0. The van der Waals surface area contributed by atoms with Gasteiger partial charge < -0.3 is 9.80 Å². The van der Waals surface area contributed by atoms with Crippen LogP contribution in [0.25, 0.3) is 11.1 Å². The van der Waals surface area contributed by atoms with Crippen LogP contribution in [0.2, 0.25) is 0 Å². The van der Waals surface area contributed by atoms with Crippen molar-refractivity contribution in [3.63, 3.8) is 0 Å². The highest BCUT2D eigenvalue weighted by atomic mass is 32.1. The SMILES string of the molecule is CCCCC1CN(c2cccc(-c3ccccc3)c2)C(=O)CN1C(=O)c1cscn1. The molecule has 0 bridgehead atoms. The van der Waals surface area contributed by atoms with Crippen molar-refractivity contribution in [1.82, 2.24) is 9.88 Å². The first kappa shape index (κ1) is 20.3. The lowest BCUT2D eigenvalue weighted by molar-refractivity contribution is -0.121. The maximum atomic E-state index is 13.1. The van der Waals surface area contributed by atoms with Gasteiger partial charge >= 0.3 is 0 Å². The van der Waals surface area contributed by atoms with Gasteiger partial charge in [0.05, 0.1) is 11.6 Å². The summed E-state index contributed by atoms with van der Waals surface area (Å²) in [5.74, 6) is -0.208. The van der Waals surface area contributed by atoms with Gasteiger partial charge in [-0.25, -0.2) is 4.98 Å². The summed E-state index contributed by atoms with van der Waals surface area (Å²) in [5.41, 5.74) is 5.15. The first-order valence-corrected chi connectivity index (χ1v) is 11.3. The Morgan fingerprint density at radius 3 is 2.67 bits per heavy atom. The average Bonchev–Trinajstić information content (AvgIpc) is 3.33. The molecule has 1 unspecified atom stereocenters. The molecular formula is C24H25N3O2S. The highest BCUT2D eigenvalue weighted by Gasteiger charge is 2.36. The number of piperazine rings is 1. The van der Waals surface area contributed by atoms with Crippen LogP contribution in [0, 0.1) is 0 Å². The predicted octanol–water partition coefficient (Wildman–Crippen LogP) is 4.86. The number of nitrogens with zero attached hydrogens (tertiary/aromatic N) is 3. The molecule has 0 aliphatic carbocycles. The van der Waals surface area contributed by atoms with Crippen molar-refractivity contribution in [3.8, 4) is 11.1 Å². The van der Waals surface area contributed by atoms with Crippen molar-refractivity contribution in [1.29, 1.82) is 0 Å². The van der Waals surface area contributed by atoms with Gasteiger partial charge in [-0.15, -0.1) is 11.3 Å². The molecule has 1 aliphatic rings. The number of thiazole rings is 1. The lowest BCUT2D eigenvalue weighted by Gasteiger charge is -2.41. The Morgan fingerprint density at radius 2 is 1.93 bits per heavy atom. The van der Waals surface area contributed by atoms with Gasteiger partial charge in [0, 0.05) is 17.6 Å². The molecule has 0 radical (unpaired) electrons. The minimum absolute atomic E-state index is 0.0165. The van der Waals surface area contributed by atoms with Crippen LogP contribution in [0.3, 0.4) is 0 Å². The van der Waals surface area contributed by atoms with E-state index in [0.717, 1.165) is 36.1 Å². The van der Waals surface area contributed by atoms with E-state index in [9.17, 15) is 9.59 Å². The van der Waals surface area contributed by atoms with Crippen molar-refractivity contribution >= 4 is 28.8 Å². The molecule has 154 valence electrons. The normalized spacial score (nSPS) is 16.7. The molecule has 1 atom stereocenters. The number of aromatic nitrogens is 1. The molecule has 1 aromatic heterocycles. The molecule has 0 saturated carbocycles. The average molecular weight is 420 g/mol. The van der Waals surface area contributed by atoms with Gasteiger partial charge in [0.2, 0.25) is 5.91 Å². The second-order valence-electron chi connectivity index (χ2n) is 7.52. The Balaban J connectivity index is 1.60. The zero-order chi connectivity index (χ0) is 20.9. The fourth-order valence-corrected chi connectivity index (χ4v) is 4.42. The first-order chi connectivity index (χ1) is 14.7. The molecule has 5 nitrogen and oxygen atoms in total. The standard InChI is InChI=1S/C24H25N3O2S/c1-2-3-11-21-14-26(23(28)15-27(21)24(29)22-16-30-17-25-22)20-12-7-10-19(13-20)18-8-5-4-6-9-18/h4-10,12-13,16-17,21H,2-3,11,14-15H2,1H3. The van der Waals surface area contributed by atoms with Crippen molar-refractivity contribution in [2.75, 3.05) is 18.0 Å². The number of hydrogen-bond donors (Lipinski definition) is 0. The van der Waals surface area contributed by atoms with Gasteiger partial charge in [-0.3, -0.25) is 9.59 Å². The summed E-state index contributed by atoms with van der Waals surface area (Å²) in [4.78, 5) is 33.7. The highest BCUT2D eigenvalue weighted by Crippen LogP contribution is 2.28. The molecular weight excluding hydrogens is 394 g/mol. The molecule has 2 aromatic carbocycles. The Labute approximate surface area is 181 Å². The summed E-state index contributed by atoms with van der Waals surface area (Å²) in [6.07, 6.45) is 2.93. The van der Waals surface area contributed by atoms with E-state index in [2.05, 4.69) is 36.2 Å². The third-order valence-electron chi connectivity index (χ3n) is 5.51. The van der Waals surface area contributed by atoms with Gasteiger partial charge in [-0.2, -0.15) is 0 Å². The van der Waals surface area contributed by atoms with Crippen LogP contribution in [0.15, 0.2) is 65.5 Å². The van der Waals surface area contributed by atoms with Crippen molar-refractivity contribution < 1.29 is 9.59 Å². The Morgan fingerprint density at radius 1 is 1.13 bits per heavy atom. The van der Waals surface area contributed by atoms with E-state index < -0.39 is 0 Å². The van der Waals surface area contributed by atoms with Gasteiger partial charge in [-0.05, 0) is 29.7 Å². The van der Waals surface area contributed by atoms with Crippen molar-refractivity contribution in [2.24, 2.45) is 0 Å². The maximum absolute atomic E-state index is 13.1. The van der Waals surface area contributed by atoms with Gasteiger partial charge in [0.25, 0.3) is 5.91 Å². The van der Waals surface area contributed by atoms with E-state index in [1.165, 1.54) is 11.3 Å². The number of anilines is 1. The van der Waals surface area contributed by atoms with Crippen LogP contribution >= 0.6 is 11.3 Å². The van der Waals surface area contributed by atoms with Crippen LogP contribution in [-0.2, 0) is 4.79 Å². The first-order valence-electron chi connectivity index (χ1n) is 10.3. The quantitative estimate of drug-likeness (QED) is 0.573. The minimum atomic E-state index is -0.150. The largest absolute Gasteiger partial charge is 0.323 e. The second kappa shape index (κ2) is 9.22. The summed E-state index contributed by atoms with van der Waals surface area (Å²) < 4.78 is 0.